The lowest BCUT2D eigenvalue weighted by atomic mass is 10.0. The first-order valence-electron chi connectivity index (χ1n) is 6.64. The third-order valence-electron chi connectivity index (χ3n) is 3.40. The van der Waals surface area contributed by atoms with Crippen molar-refractivity contribution >= 4 is 11.6 Å². The zero-order valence-electron chi connectivity index (χ0n) is 11.6. The Hall–Kier alpha value is -1.35. The molecule has 3 nitrogen and oxygen atoms in total. The second-order valence-corrected chi connectivity index (χ2v) is 5.60. The molecular weight excluding hydrogens is 224 g/mol. The van der Waals surface area contributed by atoms with E-state index < -0.39 is 0 Å². The van der Waals surface area contributed by atoms with Gasteiger partial charge >= 0.3 is 0 Å². The van der Waals surface area contributed by atoms with Crippen LogP contribution in [-0.2, 0) is 4.79 Å². The summed E-state index contributed by atoms with van der Waals surface area (Å²) >= 11 is 0. The van der Waals surface area contributed by atoms with Gasteiger partial charge in [-0.25, -0.2) is 0 Å². The number of benzene rings is 1. The molecule has 1 unspecified atom stereocenters. The van der Waals surface area contributed by atoms with Crippen LogP contribution >= 0.6 is 0 Å². The van der Waals surface area contributed by atoms with Crippen LogP contribution in [0.1, 0.15) is 43.0 Å². The molecule has 1 aliphatic heterocycles. The first-order chi connectivity index (χ1) is 8.49. The van der Waals surface area contributed by atoms with Crippen LogP contribution in [0.25, 0.3) is 0 Å². The summed E-state index contributed by atoms with van der Waals surface area (Å²) in [6.45, 7) is 9.38. The van der Waals surface area contributed by atoms with Crippen molar-refractivity contribution in [2.75, 3.05) is 11.9 Å². The summed E-state index contributed by atoms with van der Waals surface area (Å²) < 4.78 is 0. The summed E-state index contributed by atoms with van der Waals surface area (Å²) in [7, 11) is 0. The average molecular weight is 246 g/mol. The molecule has 1 amide bonds. The van der Waals surface area contributed by atoms with Gasteiger partial charge in [-0.1, -0.05) is 31.5 Å². The molecule has 3 heteroatoms. The molecule has 0 aromatic heterocycles. The molecule has 0 aliphatic carbocycles. The molecule has 0 bridgehead atoms. The minimum Gasteiger partial charge on any atom is -0.324 e. The van der Waals surface area contributed by atoms with E-state index in [1.807, 2.05) is 6.92 Å². The highest BCUT2D eigenvalue weighted by molar-refractivity contribution is 6.03. The normalized spacial score (nSPS) is 18.1. The summed E-state index contributed by atoms with van der Waals surface area (Å²) in [6.07, 6.45) is 1.09. The monoisotopic (exact) mass is 246 g/mol. The Bertz CT molecular complexity index is 466. The number of hydrogen-bond acceptors (Lipinski definition) is 2. The molecular formula is C15H22N2O. The van der Waals surface area contributed by atoms with E-state index >= 15 is 0 Å². The Balaban J connectivity index is 2.17. The van der Waals surface area contributed by atoms with E-state index in [4.69, 9.17) is 0 Å². The lowest BCUT2D eigenvalue weighted by Crippen LogP contribution is -2.28. The molecule has 1 heterocycles. The van der Waals surface area contributed by atoms with Crippen molar-refractivity contribution in [2.24, 2.45) is 5.92 Å². The summed E-state index contributed by atoms with van der Waals surface area (Å²) in [4.78, 5) is 12.0. The van der Waals surface area contributed by atoms with E-state index in [0.29, 0.717) is 5.92 Å². The Morgan fingerprint density at radius 3 is 2.72 bits per heavy atom. The second kappa shape index (κ2) is 5.11. The van der Waals surface area contributed by atoms with E-state index in [2.05, 4.69) is 43.5 Å². The molecule has 0 saturated carbocycles. The maximum Gasteiger partial charge on any atom is 0.246 e. The zero-order chi connectivity index (χ0) is 13.3. The molecule has 0 fully saturated rings. The molecule has 1 aliphatic rings. The van der Waals surface area contributed by atoms with E-state index in [9.17, 15) is 4.79 Å². The predicted molar refractivity (Wildman–Crippen MR) is 74.7 cm³/mol. The number of nitrogens with one attached hydrogen (secondary N) is 2. The SMILES string of the molecule is Cc1cc(C)c2c(c1)C(NCCC(C)C)C(=O)N2. The standard InChI is InChI=1S/C15H22N2O/c1-9(2)5-6-16-14-12-8-10(3)7-11(4)13(12)17-15(14)18/h7-9,14,16H,5-6H2,1-4H3,(H,17,18). The van der Waals surface area contributed by atoms with Gasteiger partial charge < -0.3 is 10.6 Å². The largest absolute Gasteiger partial charge is 0.324 e. The van der Waals surface area contributed by atoms with Gasteiger partial charge in [0.1, 0.15) is 6.04 Å². The first kappa shape index (κ1) is 13.1. The third-order valence-corrected chi connectivity index (χ3v) is 3.40. The van der Waals surface area contributed by atoms with Crippen LogP contribution < -0.4 is 10.6 Å². The maximum atomic E-state index is 12.0. The lowest BCUT2D eigenvalue weighted by Gasteiger charge is -2.13. The van der Waals surface area contributed by atoms with Crippen LogP contribution in [0.15, 0.2) is 12.1 Å². The van der Waals surface area contributed by atoms with Crippen molar-refractivity contribution in [3.05, 3.63) is 28.8 Å². The minimum absolute atomic E-state index is 0.0717. The lowest BCUT2D eigenvalue weighted by molar-refractivity contribution is -0.117. The van der Waals surface area contributed by atoms with Gasteiger partial charge in [-0.15, -0.1) is 0 Å². The van der Waals surface area contributed by atoms with Gasteiger partial charge in [0.2, 0.25) is 5.91 Å². The Morgan fingerprint density at radius 2 is 2.06 bits per heavy atom. The van der Waals surface area contributed by atoms with Crippen molar-refractivity contribution in [2.45, 2.75) is 40.2 Å². The molecule has 0 saturated heterocycles. The smallest absolute Gasteiger partial charge is 0.246 e. The molecule has 2 N–H and O–H groups in total. The fourth-order valence-corrected chi connectivity index (χ4v) is 2.45. The van der Waals surface area contributed by atoms with Crippen molar-refractivity contribution in [3.63, 3.8) is 0 Å². The number of fused-ring (bicyclic) bond motifs is 1. The topological polar surface area (TPSA) is 41.1 Å². The fraction of sp³-hybridized carbons (Fsp3) is 0.533. The van der Waals surface area contributed by atoms with Gasteiger partial charge in [0, 0.05) is 11.3 Å². The molecule has 98 valence electrons. The van der Waals surface area contributed by atoms with Crippen LogP contribution in [-0.4, -0.2) is 12.5 Å². The number of carbonyl (C=O) groups excluding carboxylic acids is 1. The number of rotatable bonds is 4. The highest BCUT2D eigenvalue weighted by Crippen LogP contribution is 2.34. The minimum atomic E-state index is -0.183. The van der Waals surface area contributed by atoms with Crippen molar-refractivity contribution in [1.82, 2.24) is 5.32 Å². The molecule has 1 aromatic rings. The molecule has 0 spiro atoms. The summed E-state index contributed by atoms with van der Waals surface area (Å²) in [5.74, 6) is 0.725. The van der Waals surface area contributed by atoms with Crippen LogP contribution in [0.2, 0.25) is 0 Å². The van der Waals surface area contributed by atoms with Gasteiger partial charge in [-0.3, -0.25) is 4.79 Å². The van der Waals surface area contributed by atoms with E-state index in [1.54, 1.807) is 0 Å². The molecule has 18 heavy (non-hydrogen) atoms. The van der Waals surface area contributed by atoms with Crippen LogP contribution in [0, 0.1) is 19.8 Å². The molecule has 1 atom stereocenters. The van der Waals surface area contributed by atoms with Gasteiger partial charge in [0.05, 0.1) is 0 Å². The highest BCUT2D eigenvalue weighted by Gasteiger charge is 2.31. The van der Waals surface area contributed by atoms with Crippen molar-refractivity contribution in [3.8, 4) is 0 Å². The average Bonchev–Trinajstić information content (AvgIpc) is 2.56. The second-order valence-electron chi connectivity index (χ2n) is 5.60. The van der Waals surface area contributed by atoms with Gasteiger partial charge in [-0.05, 0) is 38.3 Å². The Labute approximate surface area is 109 Å². The molecule has 0 radical (unpaired) electrons. The zero-order valence-corrected chi connectivity index (χ0v) is 11.6. The number of amides is 1. The highest BCUT2D eigenvalue weighted by atomic mass is 16.2. The Kier molecular flexibility index (Phi) is 3.71. The van der Waals surface area contributed by atoms with Crippen LogP contribution in [0.4, 0.5) is 5.69 Å². The molecule has 2 rings (SSSR count). The quantitative estimate of drug-likeness (QED) is 0.857. The first-order valence-corrected chi connectivity index (χ1v) is 6.64. The van der Waals surface area contributed by atoms with E-state index in [1.165, 1.54) is 5.56 Å². The van der Waals surface area contributed by atoms with Crippen LogP contribution in [0.5, 0.6) is 0 Å². The number of hydrogen-bond donors (Lipinski definition) is 2. The summed E-state index contributed by atoms with van der Waals surface area (Å²) in [5, 5.41) is 6.34. The summed E-state index contributed by atoms with van der Waals surface area (Å²) in [5.41, 5.74) is 4.44. The maximum absolute atomic E-state index is 12.0. The van der Waals surface area contributed by atoms with E-state index in [0.717, 1.165) is 29.8 Å². The number of carbonyl (C=O) groups is 1. The van der Waals surface area contributed by atoms with Crippen molar-refractivity contribution in [1.29, 1.82) is 0 Å². The predicted octanol–water partition coefficient (Wildman–Crippen LogP) is 2.93. The number of anilines is 1. The van der Waals surface area contributed by atoms with Gasteiger partial charge in [0.15, 0.2) is 0 Å². The molecule has 1 aromatic carbocycles. The van der Waals surface area contributed by atoms with Gasteiger partial charge in [-0.2, -0.15) is 0 Å². The van der Waals surface area contributed by atoms with Crippen LogP contribution in [0.3, 0.4) is 0 Å². The Morgan fingerprint density at radius 1 is 1.33 bits per heavy atom. The number of aryl methyl sites for hydroxylation is 2. The summed E-state index contributed by atoms with van der Waals surface area (Å²) in [6, 6.07) is 4.03. The fourth-order valence-electron chi connectivity index (χ4n) is 2.45. The van der Waals surface area contributed by atoms with Gasteiger partial charge in [0.25, 0.3) is 0 Å². The van der Waals surface area contributed by atoms with Crippen molar-refractivity contribution < 1.29 is 4.79 Å². The third kappa shape index (κ3) is 2.56. The van der Waals surface area contributed by atoms with E-state index in [-0.39, 0.29) is 11.9 Å².